The zero-order chi connectivity index (χ0) is 15.8. The number of nitrogens with one attached hydrogen (secondary N) is 1. The van der Waals surface area contributed by atoms with Crippen molar-refractivity contribution in [1.82, 2.24) is 0 Å². The monoisotopic (exact) mass is 332 g/mol. The van der Waals surface area contributed by atoms with Crippen LogP contribution in [-0.4, -0.2) is 33.6 Å². The van der Waals surface area contributed by atoms with Crippen LogP contribution in [0.4, 0.5) is 11.4 Å². The fourth-order valence-corrected chi connectivity index (χ4v) is 5.98. The van der Waals surface area contributed by atoms with Crippen LogP contribution in [-0.2, 0) is 19.9 Å². The van der Waals surface area contributed by atoms with E-state index in [-0.39, 0.29) is 24.3 Å². The van der Waals surface area contributed by atoms with E-state index in [4.69, 9.17) is 5.73 Å². The largest absolute Gasteiger partial charge is 0.399 e. The number of sulfonamides is 1. The summed E-state index contributed by atoms with van der Waals surface area (Å²) < 4.78 is 50.2. The minimum atomic E-state index is -3.60. The van der Waals surface area contributed by atoms with Crippen molar-refractivity contribution in [3.8, 4) is 0 Å². The number of nitrogen functional groups attached to an aromatic ring is 1. The summed E-state index contributed by atoms with van der Waals surface area (Å²) in [5, 5.41) is -0.669. The quantitative estimate of drug-likeness (QED) is 0.809. The maximum Gasteiger partial charge on any atom is 0.235 e. The highest BCUT2D eigenvalue weighted by atomic mass is 32.2. The maximum absolute atomic E-state index is 12.4. The van der Waals surface area contributed by atoms with Crippen molar-refractivity contribution in [2.75, 3.05) is 22.0 Å². The molecular weight excluding hydrogens is 312 g/mol. The smallest absolute Gasteiger partial charge is 0.235 e. The molecule has 0 spiro atoms. The summed E-state index contributed by atoms with van der Waals surface area (Å²) in [6, 6.07) is 3.41. The normalized spacial score (nSPS) is 19.3. The van der Waals surface area contributed by atoms with Gasteiger partial charge in [-0.05, 0) is 49.9 Å². The number of nitrogens with two attached hydrogens (primary N) is 1. The summed E-state index contributed by atoms with van der Waals surface area (Å²) >= 11 is 0. The van der Waals surface area contributed by atoms with E-state index in [1.807, 2.05) is 0 Å². The Morgan fingerprint density at radius 3 is 2.10 bits per heavy atom. The minimum Gasteiger partial charge on any atom is -0.399 e. The first-order valence-corrected chi connectivity index (χ1v) is 10.1. The lowest BCUT2D eigenvalue weighted by Crippen LogP contribution is -2.36. The van der Waals surface area contributed by atoms with Gasteiger partial charge in [-0.3, -0.25) is 4.72 Å². The van der Waals surface area contributed by atoms with Gasteiger partial charge in [0, 0.05) is 5.69 Å². The Hall–Kier alpha value is -1.28. The van der Waals surface area contributed by atoms with E-state index in [2.05, 4.69) is 4.72 Å². The number of rotatable bonds is 3. The molecular formula is C13H20N2O4S2. The molecule has 8 heteroatoms. The molecule has 1 aromatic rings. The first-order valence-electron chi connectivity index (χ1n) is 6.69. The fourth-order valence-electron chi connectivity index (χ4n) is 2.56. The van der Waals surface area contributed by atoms with Crippen molar-refractivity contribution in [1.29, 1.82) is 0 Å². The fraction of sp³-hybridized carbons (Fsp3) is 0.538. The van der Waals surface area contributed by atoms with Gasteiger partial charge < -0.3 is 5.73 Å². The van der Waals surface area contributed by atoms with Crippen LogP contribution >= 0.6 is 0 Å². The third-order valence-corrected chi connectivity index (χ3v) is 7.29. The number of aryl methyl sites for hydroxylation is 2. The van der Waals surface area contributed by atoms with Crippen LogP contribution in [0.2, 0.25) is 0 Å². The van der Waals surface area contributed by atoms with E-state index < -0.39 is 25.1 Å². The molecule has 1 aliphatic heterocycles. The highest BCUT2D eigenvalue weighted by Gasteiger charge is 2.33. The summed E-state index contributed by atoms with van der Waals surface area (Å²) in [6.45, 7) is 3.57. The van der Waals surface area contributed by atoms with Gasteiger partial charge in [-0.15, -0.1) is 0 Å². The van der Waals surface area contributed by atoms with Crippen molar-refractivity contribution in [3.05, 3.63) is 23.3 Å². The molecule has 0 bridgehead atoms. The summed E-state index contributed by atoms with van der Waals surface area (Å²) in [5.74, 6) is -0.142. The summed E-state index contributed by atoms with van der Waals surface area (Å²) in [6.07, 6.45) is 0.287. The first-order chi connectivity index (χ1) is 9.61. The van der Waals surface area contributed by atoms with Crippen molar-refractivity contribution in [3.63, 3.8) is 0 Å². The van der Waals surface area contributed by atoms with Crippen LogP contribution in [0.3, 0.4) is 0 Å². The Kier molecular flexibility index (Phi) is 4.21. The number of hydrogen-bond acceptors (Lipinski definition) is 5. The molecule has 1 aromatic carbocycles. The molecule has 118 valence electrons. The predicted molar refractivity (Wildman–Crippen MR) is 84.5 cm³/mol. The molecule has 0 saturated carbocycles. The zero-order valence-corrected chi connectivity index (χ0v) is 13.7. The lowest BCUT2D eigenvalue weighted by molar-refractivity contribution is 0.555. The SMILES string of the molecule is Cc1cc(N)cc(C)c1NS(=O)(=O)C1CCS(=O)(=O)CC1. The van der Waals surface area contributed by atoms with Crippen molar-refractivity contribution >= 4 is 31.2 Å². The summed E-state index contributed by atoms with van der Waals surface area (Å²) in [4.78, 5) is 0. The standard InChI is InChI=1S/C13H20N2O4S2/c1-9-7-11(14)8-10(2)13(9)15-21(18,19)12-3-5-20(16,17)6-4-12/h7-8,12,15H,3-6,14H2,1-2H3. The molecule has 6 nitrogen and oxygen atoms in total. The van der Waals surface area contributed by atoms with E-state index in [1.54, 1.807) is 26.0 Å². The van der Waals surface area contributed by atoms with Gasteiger partial charge in [-0.1, -0.05) is 0 Å². The second-order valence-electron chi connectivity index (χ2n) is 5.53. The van der Waals surface area contributed by atoms with Crippen molar-refractivity contribution < 1.29 is 16.8 Å². The van der Waals surface area contributed by atoms with Gasteiger partial charge in [-0.2, -0.15) is 0 Å². The Morgan fingerprint density at radius 1 is 1.14 bits per heavy atom. The van der Waals surface area contributed by atoms with Gasteiger partial charge in [-0.25, -0.2) is 16.8 Å². The third-order valence-electron chi connectivity index (χ3n) is 3.74. The predicted octanol–water partition coefficient (Wildman–Crippen LogP) is 1.20. The van der Waals surface area contributed by atoms with Crippen LogP contribution < -0.4 is 10.5 Å². The topological polar surface area (TPSA) is 106 Å². The number of hydrogen-bond donors (Lipinski definition) is 2. The molecule has 1 aliphatic rings. The molecule has 1 fully saturated rings. The molecule has 0 aromatic heterocycles. The summed E-state index contributed by atoms with van der Waals surface area (Å²) in [5.41, 5.74) is 8.33. The van der Waals surface area contributed by atoms with Crippen LogP contribution in [0.1, 0.15) is 24.0 Å². The molecule has 0 amide bonds. The molecule has 1 saturated heterocycles. The highest BCUT2D eigenvalue weighted by molar-refractivity contribution is 7.94. The number of sulfone groups is 1. The third kappa shape index (κ3) is 3.68. The maximum atomic E-state index is 12.4. The van der Waals surface area contributed by atoms with Crippen molar-refractivity contribution in [2.45, 2.75) is 31.9 Å². The Labute approximate surface area is 125 Å². The molecule has 0 aliphatic carbocycles. The molecule has 21 heavy (non-hydrogen) atoms. The molecule has 0 unspecified atom stereocenters. The van der Waals surface area contributed by atoms with E-state index in [9.17, 15) is 16.8 Å². The Bertz CT molecular complexity index is 717. The van der Waals surface area contributed by atoms with Crippen LogP contribution in [0.25, 0.3) is 0 Å². The summed E-state index contributed by atoms with van der Waals surface area (Å²) in [7, 11) is -6.68. The van der Waals surface area contributed by atoms with Gasteiger partial charge in [0.05, 0.1) is 22.4 Å². The van der Waals surface area contributed by atoms with E-state index >= 15 is 0 Å². The average Bonchev–Trinajstić information content (AvgIpc) is 2.33. The van der Waals surface area contributed by atoms with E-state index in [0.29, 0.717) is 11.4 Å². The Morgan fingerprint density at radius 2 is 1.62 bits per heavy atom. The highest BCUT2D eigenvalue weighted by Crippen LogP contribution is 2.27. The lowest BCUT2D eigenvalue weighted by Gasteiger charge is -2.24. The Balaban J connectivity index is 2.23. The molecule has 1 heterocycles. The van der Waals surface area contributed by atoms with E-state index in [1.165, 1.54) is 0 Å². The number of benzene rings is 1. The second-order valence-corrected chi connectivity index (χ2v) is 9.79. The number of anilines is 2. The van der Waals surface area contributed by atoms with Crippen LogP contribution in [0, 0.1) is 13.8 Å². The second kappa shape index (κ2) is 5.49. The van der Waals surface area contributed by atoms with Gasteiger partial charge >= 0.3 is 0 Å². The zero-order valence-electron chi connectivity index (χ0n) is 12.1. The minimum absolute atomic E-state index is 0.0712. The molecule has 0 radical (unpaired) electrons. The van der Waals surface area contributed by atoms with E-state index in [0.717, 1.165) is 11.1 Å². The van der Waals surface area contributed by atoms with Crippen LogP contribution in [0.5, 0.6) is 0 Å². The molecule has 2 rings (SSSR count). The van der Waals surface area contributed by atoms with Crippen molar-refractivity contribution in [2.24, 2.45) is 0 Å². The average molecular weight is 332 g/mol. The van der Waals surface area contributed by atoms with Gasteiger partial charge in [0.15, 0.2) is 0 Å². The molecule has 0 atom stereocenters. The first kappa shape index (κ1) is 16.1. The molecule has 3 N–H and O–H groups in total. The van der Waals surface area contributed by atoms with Crippen LogP contribution in [0.15, 0.2) is 12.1 Å². The van der Waals surface area contributed by atoms with Gasteiger partial charge in [0.25, 0.3) is 0 Å². The lowest BCUT2D eigenvalue weighted by atomic mass is 10.1. The van der Waals surface area contributed by atoms with Gasteiger partial charge in [0.1, 0.15) is 9.84 Å². The van der Waals surface area contributed by atoms with Gasteiger partial charge in [0.2, 0.25) is 10.0 Å².